The molecule has 138 valence electrons. The minimum absolute atomic E-state index is 0.726. The predicted molar refractivity (Wildman–Crippen MR) is 109 cm³/mol. The molecule has 2 aromatic carbocycles. The smallest absolute Gasteiger partial charge is 0.161 e. The zero-order valence-electron chi connectivity index (χ0n) is 15.7. The van der Waals surface area contributed by atoms with Crippen molar-refractivity contribution < 1.29 is 9.47 Å². The van der Waals surface area contributed by atoms with Gasteiger partial charge in [0.15, 0.2) is 11.5 Å². The molecule has 0 aliphatic heterocycles. The summed E-state index contributed by atoms with van der Waals surface area (Å²) in [6.45, 7) is 0. The van der Waals surface area contributed by atoms with Crippen molar-refractivity contribution in [3.8, 4) is 45.1 Å². The third-order valence-corrected chi connectivity index (χ3v) is 5.24. The fraction of sp³-hybridized carbons (Fsp3) is 0.130. The maximum Gasteiger partial charge on any atom is 0.161 e. The number of pyridine rings is 1. The Morgan fingerprint density at radius 3 is 2.46 bits per heavy atom. The minimum atomic E-state index is 0.726. The van der Waals surface area contributed by atoms with Crippen LogP contribution in [-0.2, 0) is 6.42 Å². The minimum Gasteiger partial charge on any atom is -0.493 e. The average molecular weight is 369 g/mol. The fourth-order valence-electron chi connectivity index (χ4n) is 3.87. The summed E-state index contributed by atoms with van der Waals surface area (Å²) < 4.78 is 10.9. The lowest BCUT2D eigenvalue weighted by Crippen LogP contribution is -1.93. The van der Waals surface area contributed by atoms with E-state index in [4.69, 9.17) is 9.47 Å². The van der Waals surface area contributed by atoms with Gasteiger partial charge in [0.05, 0.1) is 25.6 Å². The molecule has 4 aromatic rings. The Bertz CT molecular complexity index is 1170. The van der Waals surface area contributed by atoms with Gasteiger partial charge in [-0.1, -0.05) is 24.3 Å². The van der Waals surface area contributed by atoms with Crippen LogP contribution in [0.5, 0.6) is 11.5 Å². The number of aromatic amines is 1. The zero-order chi connectivity index (χ0) is 19.1. The Morgan fingerprint density at radius 1 is 0.893 bits per heavy atom. The molecule has 5 nitrogen and oxygen atoms in total. The van der Waals surface area contributed by atoms with Crippen LogP contribution in [0.2, 0.25) is 0 Å². The topological polar surface area (TPSA) is 60.0 Å². The molecule has 0 bridgehead atoms. The lowest BCUT2D eigenvalue weighted by atomic mass is 10.0. The lowest BCUT2D eigenvalue weighted by Gasteiger charge is -2.10. The summed E-state index contributed by atoms with van der Waals surface area (Å²) >= 11 is 0. The predicted octanol–water partition coefficient (Wildman–Crippen LogP) is 4.73. The molecule has 5 rings (SSSR count). The Labute approximate surface area is 163 Å². The summed E-state index contributed by atoms with van der Waals surface area (Å²) in [7, 11) is 3.32. The van der Waals surface area contributed by atoms with Crippen molar-refractivity contribution in [2.45, 2.75) is 6.42 Å². The van der Waals surface area contributed by atoms with E-state index < -0.39 is 0 Å². The van der Waals surface area contributed by atoms with Crippen LogP contribution in [0.4, 0.5) is 0 Å². The van der Waals surface area contributed by atoms with E-state index in [1.807, 2.05) is 18.3 Å². The largest absolute Gasteiger partial charge is 0.493 e. The number of H-pyrrole nitrogens is 1. The van der Waals surface area contributed by atoms with Gasteiger partial charge in [0, 0.05) is 41.1 Å². The quantitative estimate of drug-likeness (QED) is 0.498. The number of rotatable bonds is 4. The molecule has 0 saturated heterocycles. The lowest BCUT2D eigenvalue weighted by molar-refractivity contribution is 0.355. The van der Waals surface area contributed by atoms with Gasteiger partial charge in [-0.25, -0.2) is 0 Å². The molecule has 0 unspecified atom stereocenters. The summed E-state index contributed by atoms with van der Waals surface area (Å²) in [5.41, 5.74) is 8.88. The van der Waals surface area contributed by atoms with E-state index in [1.165, 1.54) is 11.1 Å². The van der Waals surface area contributed by atoms with Gasteiger partial charge in [-0.2, -0.15) is 5.10 Å². The maximum atomic E-state index is 5.47. The van der Waals surface area contributed by atoms with E-state index in [-0.39, 0.29) is 0 Å². The first kappa shape index (κ1) is 16.6. The number of hydrogen-bond acceptors (Lipinski definition) is 4. The molecule has 1 N–H and O–H groups in total. The molecule has 5 heteroatoms. The van der Waals surface area contributed by atoms with Crippen molar-refractivity contribution >= 4 is 0 Å². The first-order chi connectivity index (χ1) is 13.8. The third kappa shape index (κ3) is 2.55. The molecule has 2 aromatic heterocycles. The van der Waals surface area contributed by atoms with Gasteiger partial charge in [-0.15, -0.1) is 0 Å². The van der Waals surface area contributed by atoms with E-state index in [1.54, 1.807) is 20.4 Å². The van der Waals surface area contributed by atoms with Gasteiger partial charge in [-0.3, -0.25) is 10.1 Å². The van der Waals surface area contributed by atoms with Crippen molar-refractivity contribution in [1.82, 2.24) is 15.2 Å². The van der Waals surface area contributed by atoms with Gasteiger partial charge in [0.2, 0.25) is 0 Å². The van der Waals surface area contributed by atoms with Crippen molar-refractivity contribution in [1.29, 1.82) is 0 Å². The Hall–Kier alpha value is -3.60. The van der Waals surface area contributed by atoms with Crippen LogP contribution in [-0.4, -0.2) is 29.4 Å². The first-order valence-corrected chi connectivity index (χ1v) is 9.12. The average Bonchev–Trinajstić information content (AvgIpc) is 3.32. The van der Waals surface area contributed by atoms with Crippen LogP contribution >= 0.6 is 0 Å². The summed E-state index contributed by atoms with van der Waals surface area (Å²) in [6.07, 6.45) is 4.48. The van der Waals surface area contributed by atoms with Gasteiger partial charge in [0.25, 0.3) is 0 Å². The number of nitrogens with one attached hydrogen (secondary N) is 1. The van der Waals surface area contributed by atoms with Gasteiger partial charge < -0.3 is 9.47 Å². The highest BCUT2D eigenvalue weighted by Gasteiger charge is 2.27. The highest BCUT2D eigenvalue weighted by molar-refractivity contribution is 5.83. The van der Waals surface area contributed by atoms with Crippen LogP contribution in [0.1, 0.15) is 11.1 Å². The molecule has 2 heterocycles. The van der Waals surface area contributed by atoms with E-state index >= 15 is 0 Å². The molecule has 1 aliphatic rings. The van der Waals surface area contributed by atoms with Crippen molar-refractivity contribution in [3.63, 3.8) is 0 Å². The monoisotopic (exact) mass is 369 g/mol. The van der Waals surface area contributed by atoms with Gasteiger partial charge in [0.1, 0.15) is 0 Å². The second-order valence-corrected chi connectivity index (χ2v) is 6.79. The first-order valence-electron chi connectivity index (χ1n) is 9.12. The van der Waals surface area contributed by atoms with Crippen molar-refractivity contribution in [2.75, 3.05) is 14.2 Å². The van der Waals surface area contributed by atoms with E-state index in [0.717, 1.165) is 51.6 Å². The second-order valence-electron chi connectivity index (χ2n) is 6.79. The summed E-state index contributed by atoms with van der Waals surface area (Å²) in [4.78, 5) is 4.23. The number of benzene rings is 2. The van der Waals surface area contributed by atoms with E-state index in [9.17, 15) is 0 Å². The maximum absolute atomic E-state index is 5.47. The standard InChI is InChI=1S/C23H19N3O2/c1-27-20-11-17-10-19-22(25-26-23(19)18(17)12-21(20)28-2)15-6-3-5-14(9-15)16-7-4-8-24-13-16/h3-9,11-13H,10H2,1-2H3,(H,25,26). The van der Waals surface area contributed by atoms with Gasteiger partial charge >= 0.3 is 0 Å². The molecule has 28 heavy (non-hydrogen) atoms. The highest BCUT2D eigenvalue weighted by Crippen LogP contribution is 2.44. The SMILES string of the molecule is COc1cc2c(cc1OC)-c1[nH]nc(-c3cccc(-c4cccnc4)c3)c1C2. The normalized spacial score (nSPS) is 11.8. The number of ether oxygens (including phenoxy) is 2. The van der Waals surface area contributed by atoms with Crippen LogP contribution in [0, 0.1) is 0 Å². The number of methoxy groups -OCH3 is 2. The molecule has 0 fully saturated rings. The molecule has 0 spiro atoms. The molecule has 0 atom stereocenters. The van der Waals surface area contributed by atoms with Crippen LogP contribution in [0.25, 0.3) is 33.6 Å². The van der Waals surface area contributed by atoms with Crippen molar-refractivity contribution in [3.05, 3.63) is 72.1 Å². The van der Waals surface area contributed by atoms with E-state index in [2.05, 4.69) is 51.6 Å². The molecular weight excluding hydrogens is 350 g/mol. The molecular formula is C23H19N3O2. The Balaban J connectivity index is 1.58. The molecule has 1 aliphatic carbocycles. The second kappa shape index (κ2) is 6.53. The molecule has 0 radical (unpaired) electrons. The summed E-state index contributed by atoms with van der Waals surface area (Å²) in [5.74, 6) is 1.48. The summed E-state index contributed by atoms with van der Waals surface area (Å²) in [6, 6.07) is 16.5. The zero-order valence-corrected chi connectivity index (χ0v) is 15.7. The number of aromatic nitrogens is 3. The third-order valence-electron chi connectivity index (χ3n) is 5.24. The van der Waals surface area contributed by atoms with Crippen molar-refractivity contribution in [2.24, 2.45) is 0 Å². The van der Waals surface area contributed by atoms with Crippen LogP contribution in [0.15, 0.2) is 60.9 Å². The van der Waals surface area contributed by atoms with E-state index in [0.29, 0.717) is 0 Å². The Kier molecular flexibility index (Phi) is 3.86. The van der Waals surface area contributed by atoms with Crippen LogP contribution < -0.4 is 9.47 Å². The number of hydrogen-bond donors (Lipinski definition) is 1. The molecule has 0 saturated carbocycles. The van der Waals surface area contributed by atoms with Gasteiger partial charge in [-0.05, 0) is 35.4 Å². The fourth-order valence-corrected chi connectivity index (χ4v) is 3.87. The van der Waals surface area contributed by atoms with Crippen LogP contribution in [0.3, 0.4) is 0 Å². The summed E-state index contributed by atoms with van der Waals surface area (Å²) in [5, 5.41) is 7.86. The number of nitrogens with zero attached hydrogens (tertiary/aromatic N) is 2. The number of fused-ring (bicyclic) bond motifs is 3. The Morgan fingerprint density at radius 2 is 1.68 bits per heavy atom. The highest BCUT2D eigenvalue weighted by atomic mass is 16.5. The molecule has 0 amide bonds.